The molecule has 0 aliphatic rings. The molecule has 1 atom stereocenters. The zero-order chi connectivity index (χ0) is 16.1. The summed E-state index contributed by atoms with van der Waals surface area (Å²) in [5.41, 5.74) is 1.80. The third-order valence-electron chi connectivity index (χ3n) is 3.50. The van der Waals surface area contributed by atoms with Crippen molar-refractivity contribution in [3.05, 3.63) is 95.0 Å². The molecule has 112 valence electrons. The van der Waals surface area contributed by atoms with E-state index in [1.165, 1.54) is 0 Å². The van der Waals surface area contributed by atoms with E-state index in [1.54, 1.807) is 12.1 Å². The second kappa shape index (κ2) is 7.00. The molecule has 0 aromatic heterocycles. The van der Waals surface area contributed by atoms with Crippen molar-refractivity contribution >= 4 is 11.6 Å². The van der Waals surface area contributed by atoms with Crippen LogP contribution in [0.15, 0.2) is 78.9 Å². The summed E-state index contributed by atoms with van der Waals surface area (Å²) in [6, 6.07) is 26.9. The Morgan fingerprint density at radius 3 is 2.17 bits per heavy atom. The lowest BCUT2D eigenvalue weighted by atomic mass is 9.92. The Morgan fingerprint density at radius 2 is 1.48 bits per heavy atom. The van der Waals surface area contributed by atoms with Crippen molar-refractivity contribution in [3.8, 4) is 17.6 Å². The van der Waals surface area contributed by atoms with Crippen molar-refractivity contribution in [1.82, 2.24) is 0 Å². The van der Waals surface area contributed by atoms with Crippen LogP contribution in [0.3, 0.4) is 0 Å². The first-order chi connectivity index (χ1) is 11.3. The van der Waals surface area contributed by atoms with Gasteiger partial charge < -0.3 is 4.74 Å². The van der Waals surface area contributed by atoms with Gasteiger partial charge in [-0.1, -0.05) is 54.1 Å². The van der Waals surface area contributed by atoms with E-state index in [2.05, 4.69) is 6.07 Å². The first-order valence-electron chi connectivity index (χ1n) is 7.24. The Hall–Kier alpha value is -2.76. The van der Waals surface area contributed by atoms with Crippen LogP contribution in [0.25, 0.3) is 0 Å². The molecule has 0 amide bonds. The van der Waals surface area contributed by atoms with Crippen LogP contribution in [0.5, 0.6) is 11.5 Å². The molecular weight excluding hydrogens is 306 g/mol. The lowest BCUT2D eigenvalue weighted by molar-refractivity contribution is 0.482. The number of para-hydroxylation sites is 1. The normalized spacial score (nSPS) is 11.5. The standard InChI is InChI=1S/C20H14ClNO/c21-17-11-9-15(10-12-17)20(14-22)16-5-4-8-19(13-16)23-18-6-2-1-3-7-18/h1-13,20H. The van der Waals surface area contributed by atoms with Gasteiger partial charge >= 0.3 is 0 Å². The van der Waals surface area contributed by atoms with Gasteiger partial charge in [0.1, 0.15) is 11.5 Å². The zero-order valence-corrected chi connectivity index (χ0v) is 13.1. The van der Waals surface area contributed by atoms with E-state index < -0.39 is 0 Å². The molecule has 0 spiro atoms. The van der Waals surface area contributed by atoms with E-state index in [-0.39, 0.29) is 5.92 Å². The van der Waals surface area contributed by atoms with Crippen molar-refractivity contribution in [3.63, 3.8) is 0 Å². The molecule has 0 fully saturated rings. The van der Waals surface area contributed by atoms with E-state index >= 15 is 0 Å². The molecule has 0 radical (unpaired) electrons. The highest BCUT2D eigenvalue weighted by Gasteiger charge is 2.14. The molecule has 2 nitrogen and oxygen atoms in total. The van der Waals surface area contributed by atoms with E-state index in [9.17, 15) is 5.26 Å². The molecule has 3 rings (SSSR count). The summed E-state index contributed by atoms with van der Waals surface area (Å²) >= 11 is 5.92. The smallest absolute Gasteiger partial charge is 0.127 e. The predicted octanol–water partition coefficient (Wildman–Crippen LogP) is 5.79. The maximum absolute atomic E-state index is 9.56. The van der Waals surface area contributed by atoms with Gasteiger partial charge in [-0.05, 0) is 47.5 Å². The van der Waals surface area contributed by atoms with Crippen LogP contribution in [0.1, 0.15) is 17.0 Å². The minimum atomic E-state index is -0.355. The summed E-state index contributed by atoms with van der Waals surface area (Å²) in [5.74, 6) is 1.12. The molecule has 0 N–H and O–H groups in total. The van der Waals surface area contributed by atoms with Crippen molar-refractivity contribution in [1.29, 1.82) is 5.26 Å². The number of nitrogens with zero attached hydrogens (tertiary/aromatic N) is 1. The van der Waals surface area contributed by atoms with Gasteiger partial charge in [0.25, 0.3) is 0 Å². The zero-order valence-electron chi connectivity index (χ0n) is 12.3. The first kappa shape index (κ1) is 15.1. The summed E-state index contributed by atoms with van der Waals surface area (Å²) in [6.45, 7) is 0. The maximum Gasteiger partial charge on any atom is 0.127 e. The molecule has 1 unspecified atom stereocenters. The van der Waals surface area contributed by atoms with Crippen LogP contribution < -0.4 is 4.74 Å². The highest BCUT2D eigenvalue weighted by Crippen LogP contribution is 2.29. The van der Waals surface area contributed by atoms with Crippen molar-refractivity contribution in [2.75, 3.05) is 0 Å². The van der Waals surface area contributed by atoms with Gasteiger partial charge in [0, 0.05) is 5.02 Å². The summed E-state index contributed by atoms with van der Waals surface area (Å²) in [4.78, 5) is 0. The number of rotatable bonds is 4. The number of hydrogen-bond acceptors (Lipinski definition) is 2. The van der Waals surface area contributed by atoms with Gasteiger partial charge in [0.15, 0.2) is 0 Å². The average Bonchev–Trinajstić information content (AvgIpc) is 2.59. The third kappa shape index (κ3) is 3.71. The Labute approximate surface area is 140 Å². The highest BCUT2D eigenvalue weighted by atomic mass is 35.5. The molecule has 0 bridgehead atoms. The molecule has 3 aromatic rings. The SMILES string of the molecule is N#CC(c1ccc(Cl)cc1)c1cccc(Oc2ccccc2)c1. The Balaban J connectivity index is 1.89. The molecule has 3 heteroatoms. The minimum Gasteiger partial charge on any atom is -0.457 e. The van der Waals surface area contributed by atoms with Crippen LogP contribution in [-0.4, -0.2) is 0 Å². The number of benzene rings is 3. The molecule has 0 saturated heterocycles. The summed E-state index contributed by atoms with van der Waals surface area (Å²) in [5, 5.41) is 10.2. The third-order valence-corrected chi connectivity index (χ3v) is 3.75. The van der Waals surface area contributed by atoms with Gasteiger partial charge in [-0.15, -0.1) is 0 Å². The molecule has 0 saturated carbocycles. The second-order valence-corrected chi connectivity index (χ2v) is 5.54. The predicted molar refractivity (Wildman–Crippen MR) is 91.9 cm³/mol. The first-order valence-corrected chi connectivity index (χ1v) is 7.62. The monoisotopic (exact) mass is 319 g/mol. The van der Waals surface area contributed by atoms with Crippen molar-refractivity contribution in [2.24, 2.45) is 0 Å². The van der Waals surface area contributed by atoms with Crippen molar-refractivity contribution in [2.45, 2.75) is 5.92 Å². The van der Waals surface area contributed by atoms with Crippen LogP contribution in [-0.2, 0) is 0 Å². The Morgan fingerprint density at radius 1 is 0.783 bits per heavy atom. The molecule has 0 aliphatic heterocycles. The largest absolute Gasteiger partial charge is 0.457 e. The van der Waals surface area contributed by atoms with Crippen LogP contribution in [0.2, 0.25) is 5.02 Å². The number of nitriles is 1. The van der Waals surface area contributed by atoms with Gasteiger partial charge in [-0.25, -0.2) is 0 Å². The van der Waals surface area contributed by atoms with Crippen molar-refractivity contribution < 1.29 is 4.74 Å². The lowest BCUT2D eigenvalue weighted by Gasteiger charge is -2.12. The Kier molecular flexibility index (Phi) is 4.61. The highest BCUT2D eigenvalue weighted by molar-refractivity contribution is 6.30. The van der Waals surface area contributed by atoms with Crippen LogP contribution in [0.4, 0.5) is 0 Å². The van der Waals surface area contributed by atoms with Gasteiger partial charge in [0.05, 0.1) is 12.0 Å². The summed E-state index contributed by atoms with van der Waals surface area (Å²) in [7, 11) is 0. The van der Waals surface area contributed by atoms with Gasteiger partial charge in [-0.3, -0.25) is 0 Å². The Bertz CT molecular complexity index is 822. The fourth-order valence-corrected chi connectivity index (χ4v) is 2.50. The van der Waals surface area contributed by atoms with E-state index in [0.717, 1.165) is 16.9 Å². The number of hydrogen-bond donors (Lipinski definition) is 0. The average molecular weight is 320 g/mol. The summed E-state index contributed by atoms with van der Waals surface area (Å²) in [6.07, 6.45) is 0. The second-order valence-electron chi connectivity index (χ2n) is 5.10. The quantitative estimate of drug-likeness (QED) is 0.610. The van der Waals surface area contributed by atoms with Gasteiger partial charge in [0.2, 0.25) is 0 Å². The molecule has 23 heavy (non-hydrogen) atoms. The fourth-order valence-electron chi connectivity index (χ4n) is 2.38. The van der Waals surface area contributed by atoms with Crippen LogP contribution >= 0.6 is 11.6 Å². The van der Waals surface area contributed by atoms with E-state index in [4.69, 9.17) is 16.3 Å². The molecule has 0 aliphatic carbocycles. The van der Waals surface area contributed by atoms with E-state index in [1.807, 2.05) is 66.7 Å². The molecular formula is C20H14ClNO. The number of ether oxygens (including phenoxy) is 1. The number of halogens is 1. The van der Waals surface area contributed by atoms with E-state index in [0.29, 0.717) is 10.8 Å². The maximum atomic E-state index is 9.56. The summed E-state index contributed by atoms with van der Waals surface area (Å²) < 4.78 is 5.84. The topological polar surface area (TPSA) is 33.0 Å². The minimum absolute atomic E-state index is 0.355. The van der Waals surface area contributed by atoms with Gasteiger partial charge in [-0.2, -0.15) is 5.26 Å². The fraction of sp³-hybridized carbons (Fsp3) is 0.0500. The lowest BCUT2D eigenvalue weighted by Crippen LogP contribution is -1.98. The molecule has 3 aromatic carbocycles. The van der Waals surface area contributed by atoms with Crippen LogP contribution in [0, 0.1) is 11.3 Å². The molecule has 0 heterocycles.